The maximum Gasteiger partial charge on any atom is 0.116 e. The molecule has 0 amide bonds. The van der Waals surface area contributed by atoms with Gasteiger partial charge in [-0.15, -0.1) is 0 Å². The van der Waals surface area contributed by atoms with E-state index < -0.39 is 0 Å². The van der Waals surface area contributed by atoms with Crippen molar-refractivity contribution >= 4 is 0 Å². The summed E-state index contributed by atoms with van der Waals surface area (Å²) in [6.45, 7) is 9.98. The number of hydrogen-bond donors (Lipinski definition) is 2. The Bertz CT molecular complexity index is 553. The van der Waals surface area contributed by atoms with Gasteiger partial charge < -0.3 is 14.9 Å². The second-order valence-corrected chi connectivity index (χ2v) is 5.52. The molecule has 0 unspecified atom stereocenters. The Labute approximate surface area is 125 Å². The monoisotopic (exact) mass is 286 g/mol. The van der Waals surface area contributed by atoms with Crippen LogP contribution >= 0.6 is 0 Å². The molecule has 0 spiro atoms. The highest BCUT2D eigenvalue weighted by Crippen LogP contribution is 2.36. The van der Waals surface area contributed by atoms with Crippen LogP contribution in [0.3, 0.4) is 0 Å². The molecule has 112 valence electrons. The molecule has 1 fully saturated rings. The van der Waals surface area contributed by atoms with Gasteiger partial charge in [-0.05, 0) is 85.3 Å². The number of aryl methyl sites for hydroxylation is 4. The number of epoxide rings is 1. The van der Waals surface area contributed by atoms with E-state index in [1.807, 2.05) is 27.7 Å². The SMILES string of the molecule is C1CO1.Cc1cc(O)cc(C)c1-c1c(C)cc(O)cc1C. The Hall–Kier alpha value is -2.00. The fraction of sp³-hybridized carbons (Fsp3) is 0.333. The molecule has 3 rings (SSSR count). The number of rotatable bonds is 1. The standard InChI is InChI=1S/C16H18O2.C2H4O/c1-9-5-13(17)6-10(2)15(9)16-11(3)7-14(18)8-12(16)4;1-2-3-1/h5-8,17-18H,1-4H3;1-2H2. The van der Waals surface area contributed by atoms with Gasteiger partial charge in [-0.3, -0.25) is 0 Å². The van der Waals surface area contributed by atoms with E-state index in [1.165, 1.54) is 0 Å². The van der Waals surface area contributed by atoms with Crippen molar-refractivity contribution in [2.75, 3.05) is 13.2 Å². The van der Waals surface area contributed by atoms with E-state index in [-0.39, 0.29) is 0 Å². The first-order valence-corrected chi connectivity index (χ1v) is 7.08. The summed E-state index contributed by atoms with van der Waals surface area (Å²) in [6, 6.07) is 7.09. The van der Waals surface area contributed by atoms with Gasteiger partial charge in [0.1, 0.15) is 11.5 Å². The van der Waals surface area contributed by atoms with Crippen LogP contribution in [0, 0.1) is 27.7 Å². The molecule has 0 aromatic heterocycles. The highest BCUT2D eigenvalue weighted by Gasteiger charge is 2.13. The number of hydrogen-bond acceptors (Lipinski definition) is 3. The van der Waals surface area contributed by atoms with Crippen LogP contribution in [-0.4, -0.2) is 23.4 Å². The molecule has 1 aliphatic heterocycles. The number of phenols is 2. The first-order valence-electron chi connectivity index (χ1n) is 7.08. The predicted octanol–water partition coefficient (Wildman–Crippen LogP) is 4.02. The zero-order chi connectivity index (χ0) is 15.6. The Kier molecular flexibility index (Phi) is 4.53. The predicted molar refractivity (Wildman–Crippen MR) is 85.0 cm³/mol. The van der Waals surface area contributed by atoms with Gasteiger partial charge in [0.15, 0.2) is 0 Å². The largest absolute Gasteiger partial charge is 0.508 e. The van der Waals surface area contributed by atoms with Crippen molar-refractivity contribution < 1.29 is 14.9 Å². The zero-order valence-corrected chi connectivity index (χ0v) is 13.0. The van der Waals surface area contributed by atoms with Gasteiger partial charge in [-0.1, -0.05) is 0 Å². The number of ether oxygens (including phenoxy) is 1. The summed E-state index contributed by atoms with van der Waals surface area (Å²) in [5.41, 5.74) is 6.47. The van der Waals surface area contributed by atoms with Crippen LogP contribution in [0.1, 0.15) is 22.3 Å². The molecule has 2 aromatic carbocycles. The molecule has 3 nitrogen and oxygen atoms in total. The maximum atomic E-state index is 9.61. The molecule has 1 saturated heterocycles. The lowest BCUT2D eigenvalue weighted by atomic mass is 9.89. The lowest BCUT2D eigenvalue weighted by molar-refractivity contribution is 0.473. The fourth-order valence-electron chi connectivity index (χ4n) is 2.67. The first kappa shape index (κ1) is 15.4. The molecule has 0 aliphatic carbocycles. The third-order valence-corrected chi connectivity index (χ3v) is 3.49. The van der Waals surface area contributed by atoms with Crippen molar-refractivity contribution in [1.29, 1.82) is 0 Å². The maximum absolute atomic E-state index is 9.61. The van der Waals surface area contributed by atoms with Crippen LogP contribution in [-0.2, 0) is 4.74 Å². The van der Waals surface area contributed by atoms with Crippen LogP contribution in [0.25, 0.3) is 11.1 Å². The quantitative estimate of drug-likeness (QED) is 0.779. The lowest BCUT2D eigenvalue weighted by Crippen LogP contribution is -1.94. The van der Waals surface area contributed by atoms with Crippen LogP contribution in [0.5, 0.6) is 11.5 Å². The van der Waals surface area contributed by atoms with E-state index in [9.17, 15) is 10.2 Å². The van der Waals surface area contributed by atoms with E-state index in [2.05, 4.69) is 4.74 Å². The molecule has 0 radical (unpaired) electrons. The number of phenolic OH excluding ortho intramolecular Hbond substituents is 2. The minimum atomic E-state index is 0.294. The van der Waals surface area contributed by atoms with Crippen LogP contribution in [0.4, 0.5) is 0 Å². The van der Waals surface area contributed by atoms with Crippen LogP contribution < -0.4 is 0 Å². The molecule has 21 heavy (non-hydrogen) atoms. The minimum absolute atomic E-state index is 0.294. The summed E-state index contributed by atoms with van der Waals surface area (Å²) in [6.07, 6.45) is 0. The molecule has 0 saturated carbocycles. The summed E-state index contributed by atoms with van der Waals surface area (Å²) in [4.78, 5) is 0. The Morgan fingerprint density at radius 2 is 0.905 bits per heavy atom. The number of aromatic hydroxyl groups is 2. The van der Waals surface area contributed by atoms with Gasteiger partial charge in [0.25, 0.3) is 0 Å². The Morgan fingerprint density at radius 1 is 0.667 bits per heavy atom. The molecule has 0 bridgehead atoms. The van der Waals surface area contributed by atoms with Gasteiger partial charge in [0.05, 0.1) is 13.2 Å². The molecular formula is C18H22O3. The van der Waals surface area contributed by atoms with Crippen LogP contribution in [0.2, 0.25) is 0 Å². The third-order valence-electron chi connectivity index (χ3n) is 3.49. The molecule has 2 aromatic rings. The van der Waals surface area contributed by atoms with Gasteiger partial charge in [0.2, 0.25) is 0 Å². The summed E-state index contributed by atoms with van der Waals surface area (Å²) < 4.78 is 4.50. The van der Waals surface area contributed by atoms with Crippen LogP contribution in [0.15, 0.2) is 24.3 Å². The van der Waals surface area contributed by atoms with Gasteiger partial charge >= 0.3 is 0 Å². The minimum Gasteiger partial charge on any atom is -0.508 e. The summed E-state index contributed by atoms with van der Waals surface area (Å²) in [5, 5.41) is 19.2. The van der Waals surface area contributed by atoms with Gasteiger partial charge in [0, 0.05) is 0 Å². The molecule has 1 heterocycles. The molecule has 3 heteroatoms. The molecular weight excluding hydrogens is 264 g/mol. The second-order valence-electron chi connectivity index (χ2n) is 5.52. The average molecular weight is 286 g/mol. The van der Waals surface area contributed by atoms with Crippen molar-refractivity contribution in [2.24, 2.45) is 0 Å². The van der Waals surface area contributed by atoms with E-state index in [4.69, 9.17) is 0 Å². The van der Waals surface area contributed by atoms with Crippen molar-refractivity contribution in [3.8, 4) is 22.6 Å². The van der Waals surface area contributed by atoms with E-state index in [0.717, 1.165) is 46.6 Å². The van der Waals surface area contributed by atoms with Crippen molar-refractivity contribution in [2.45, 2.75) is 27.7 Å². The first-order chi connectivity index (χ1) is 9.90. The lowest BCUT2D eigenvalue weighted by Gasteiger charge is -2.16. The Balaban J connectivity index is 0.000000477. The summed E-state index contributed by atoms with van der Waals surface area (Å²) >= 11 is 0. The van der Waals surface area contributed by atoms with Crippen molar-refractivity contribution in [3.63, 3.8) is 0 Å². The smallest absolute Gasteiger partial charge is 0.116 e. The molecule has 0 atom stereocenters. The van der Waals surface area contributed by atoms with Gasteiger partial charge in [-0.25, -0.2) is 0 Å². The van der Waals surface area contributed by atoms with Gasteiger partial charge in [-0.2, -0.15) is 0 Å². The number of benzene rings is 2. The normalized spacial score (nSPS) is 12.6. The van der Waals surface area contributed by atoms with E-state index in [0.29, 0.717) is 11.5 Å². The topological polar surface area (TPSA) is 53.0 Å². The summed E-state index contributed by atoms with van der Waals surface area (Å²) in [5.74, 6) is 0.589. The molecule has 2 N–H and O–H groups in total. The average Bonchev–Trinajstić information content (AvgIpc) is 3.18. The third kappa shape index (κ3) is 3.76. The van der Waals surface area contributed by atoms with Crippen molar-refractivity contribution in [3.05, 3.63) is 46.5 Å². The van der Waals surface area contributed by atoms with E-state index in [1.54, 1.807) is 24.3 Å². The highest BCUT2D eigenvalue weighted by atomic mass is 16.6. The van der Waals surface area contributed by atoms with Crippen molar-refractivity contribution in [1.82, 2.24) is 0 Å². The molecule has 1 aliphatic rings. The zero-order valence-electron chi connectivity index (χ0n) is 13.0. The van der Waals surface area contributed by atoms with E-state index >= 15 is 0 Å². The summed E-state index contributed by atoms with van der Waals surface area (Å²) in [7, 11) is 0. The highest BCUT2D eigenvalue weighted by molar-refractivity contribution is 5.77. The second kappa shape index (κ2) is 6.19. The Morgan fingerprint density at radius 3 is 1.10 bits per heavy atom. The fourth-order valence-corrected chi connectivity index (χ4v) is 2.67.